The number of hydrogen-bond donors (Lipinski definition) is 2. The van der Waals surface area contributed by atoms with Gasteiger partial charge >= 0.3 is 0 Å². The number of benzene rings is 2. The summed E-state index contributed by atoms with van der Waals surface area (Å²) in [5.41, 5.74) is 3.07. The van der Waals surface area contributed by atoms with E-state index in [2.05, 4.69) is 15.6 Å². The molecule has 0 radical (unpaired) electrons. The summed E-state index contributed by atoms with van der Waals surface area (Å²) in [5, 5.41) is 5.54. The summed E-state index contributed by atoms with van der Waals surface area (Å²) in [6.07, 6.45) is 3.74. The maximum atomic E-state index is 13.5. The fourth-order valence-electron chi connectivity index (χ4n) is 3.59. The van der Waals surface area contributed by atoms with Crippen molar-refractivity contribution in [3.63, 3.8) is 0 Å². The van der Waals surface area contributed by atoms with Gasteiger partial charge in [-0.25, -0.2) is 9.37 Å². The predicted octanol–water partition coefficient (Wildman–Crippen LogP) is 3.12. The van der Waals surface area contributed by atoms with E-state index < -0.39 is 11.7 Å². The molecule has 148 valence electrons. The van der Waals surface area contributed by atoms with Crippen molar-refractivity contribution in [2.45, 2.75) is 32.4 Å². The fraction of sp³-hybridized carbons (Fsp3) is 0.227. The molecule has 29 heavy (non-hydrogen) atoms. The molecular formula is C22H21FN4O2. The largest absolute Gasteiger partial charge is 0.351 e. The molecular weight excluding hydrogens is 371 g/mol. The molecule has 3 aromatic rings. The SMILES string of the molecule is Cc1nccn1Cc1cccc(CNC(=O)C2CC(=O)Nc3cc(F)ccc32)c1. The summed E-state index contributed by atoms with van der Waals surface area (Å²) in [4.78, 5) is 28.9. The van der Waals surface area contributed by atoms with Gasteiger partial charge in [-0.2, -0.15) is 0 Å². The lowest BCUT2D eigenvalue weighted by molar-refractivity contribution is -0.126. The molecule has 0 spiro atoms. The van der Waals surface area contributed by atoms with Crippen LogP contribution in [0.25, 0.3) is 0 Å². The molecule has 0 saturated heterocycles. The Kier molecular flexibility index (Phi) is 5.12. The zero-order chi connectivity index (χ0) is 20.4. The molecule has 1 aliphatic rings. The zero-order valence-electron chi connectivity index (χ0n) is 16.0. The van der Waals surface area contributed by atoms with E-state index in [9.17, 15) is 14.0 Å². The number of carbonyl (C=O) groups is 2. The van der Waals surface area contributed by atoms with Gasteiger partial charge in [0.1, 0.15) is 11.6 Å². The van der Waals surface area contributed by atoms with E-state index in [4.69, 9.17) is 0 Å². The second-order valence-electron chi connectivity index (χ2n) is 7.18. The number of carbonyl (C=O) groups excluding carboxylic acids is 2. The van der Waals surface area contributed by atoms with Crippen LogP contribution in [0.4, 0.5) is 10.1 Å². The molecule has 1 aliphatic heterocycles. The van der Waals surface area contributed by atoms with Crippen molar-refractivity contribution in [3.8, 4) is 0 Å². The maximum Gasteiger partial charge on any atom is 0.228 e. The number of rotatable bonds is 5. The van der Waals surface area contributed by atoms with Gasteiger partial charge < -0.3 is 15.2 Å². The molecule has 1 aromatic heterocycles. The standard InChI is InChI=1S/C22H21FN4O2/c1-14-24-7-8-27(14)13-16-4-2-3-15(9-16)12-25-22(29)19-11-21(28)26-20-10-17(23)5-6-18(19)20/h2-10,19H,11-13H2,1H3,(H,25,29)(H,26,28). The maximum absolute atomic E-state index is 13.5. The van der Waals surface area contributed by atoms with Gasteiger partial charge in [0.25, 0.3) is 0 Å². The first kappa shape index (κ1) is 18.9. The third kappa shape index (κ3) is 4.18. The molecule has 6 nitrogen and oxygen atoms in total. The van der Waals surface area contributed by atoms with E-state index in [-0.39, 0.29) is 18.2 Å². The molecule has 4 rings (SSSR count). The molecule has 1 unspecified atom stereocenters. The number of aryl methyl sites for hydroxylation is 1. The molecule has 2 amide bonds. The summed E-state index contributed by atoms with van der Waals surface area (Å²) in [6.45, 7) is 3.01. The third-order valence-corrected chi connectivity index (χ3v) is 5.11. The van der Waals surface area contributed by atoms with Crippen molar-refractivity contribution < 1.29 is 14.0 Å². The van der Waals surface area contributed by atoms with Gasteiger partial charge in [-0.05, 0) is 35.7 Å². The predicted molar refractivity (Wildman–Crippen MR) is 107 cm³/mol. The van der Waals surface area contributed by atoms with Gasteiger partial charge in [-0.1, -0.05) is 30.3 Å². The number of nitrogens with zero attached hydrogens (tertiary/aromatic N) is 2. The Bertz CT molecular complexity index is 1080. The van der Waals surface area contributed by atoms with Crippen molar-refractivity contribution in [1.29, 1.82) is 0 Å². The van der Waals surface area contributed by atoms with E-state index in [1.807, 2.05) is 42.0 Å². The van der Waals surface area contributed by atoms with E-state index in [1.54, 1.807) is 12.3 Å². The lowest BCUT2D eigenvalue weighted by atomic mass is 9.89. The molecule has 2 N–H and O–H groups in total. The summed E-state index contributed by atoms with van der Waals surface area (Å²) in [5.74, 6) is -0.676. The highest BCUT2D eigenvalue weighted by atomic mass is 19.1. The average molecular weight is 392 g/mol. The summed E-state index contributed by atoms with van der Waals surface area (Å²) in [6, 6.07) is 12.1. The molecule has 2 heterocycles. The van der Waals surface area contributed by atoms with Crippen LogP contribution in [0.3, 0.4) is 0 Å². The molecule has 7 heteroatoms. The molecule has 2 aromatic carbocycles. The second kappa shape index (κ2) is 7.87. The Balaban J connectivity index is 1.44. The van der Waals surface area contributed by atoms with Crippen LogP contribution in [0.15, 0.2) is 54.9 Å². The normalized spacial score (nSPS) is 15.5. The Morgan fingerprint density at radius 2 is 2.10 bits per heavy atom. The summed E-state index contributed by atoms with van der Waals surface area (Å²) >= 11 is 0. The lowest BCUT2D eigenvalue weighted by Crippen LogP contribution is -2.34. The minimum atomic E-state index is -0.629. The molecule has 0 aliphatic carbocycles. The first-order chi connectivity index (χ1) is 14.0. The Hall–Kier alpha value is -3.48. The Morgan fingerprint density at radius 1 is 1.28 bits per heavy atom. The fourth-order valence-corrected chi connectivity index (χ4v) is 3.59. The first-order valence-corrected chi connectivity index (χ1v) is 9.42. The van der Waals surface area contributed by atoms with E-state index in [0.29, 0.717) is 24.3 Å². The quantitative estimate of drug-likeness (QED) is 0.701. The highest BCUT2D eigenvalue weighted by molar-refractivity contribution is 6.01. The minimum Gasteiger partial charge on any atom is -0.351 e. The summed E-state index contributed by atoms with van der Waals surface area (Å²) in [7, 11) is 0. The third-order valence-electron chi connectivity index (χ3n) is 5.11. The number of nitrogens with one attached hydrogen (secondary N) is 2. The topological polar surface area (TPSA) is 76.0 Å². The van der Waals surface area contributed by atoms with E-state index >= 15 is 0 Å². The van der Waals surface area contributed by atoms with E-state index in [0.717, 1.165) is 17.0 Å². The van der Waals surface area contributed by atoms with Gasteiger partial charge in [0.2, 0.25) is 11.8 Å². The molecule has 0 fully saturated rings. The van der Waals surface area contributed by atoms with Crippen LogP contribution >= 0.6 is 0 Å². The molecule has 0 saturated carbocycles. The monoisotopic (exact) mass is 392 g/mol. The van der Waals surface area contributed by atoms with Crippen molar-refractivity contribution in [2.24, 2.45) is 0 Å². The smallest absolute Gasteiger partial charge is 0.228 e. The van der Waals surface area contributed by atoms with Crippen molar-refractivity contribution in [3.05, 3.63) is 83.2 Å². The summed E-state index contributed by atoms with van der Waals surface area (Å²) < 4.78 is 15.5. The Labute approximate surface area is 167 Å². The van der Waals surface area contributed by atoms with Crippen LogP contribution in [0.1, 0.15) is 34.9 Å². The molecule has 1 atom stereocenters. The van der Waals surface area contributed by atoms with Crippen molar-refractivity contribution >= 4 is 17.5 Å². The van der Waals surface area contributed by atoms with Gasteiger partial charge in [-0.15, -0.1) is 0 Å². The Morgan fingerprint density at radius 3 is 2.90 bits per heavy atom. The van der Waals surface area contributed by atoms with Gasteiger partial charge in [0, 0.05) is 37.6 Å². The lowest BCUT2D eigenvalue weighted by Gasteiger charge is -2.25. The van der Waals surface area contributed by atoms with Gasteiger partial charge in [0.05, 0.1) is 5.92 Å². The number of aromatic nitrogens is 2. The van der Waals surface area contributed by atoms with Crippen LogP contribution in [-0.2, 0) is 22.7 Å². The van der Waals surface area contributed by atoms with Crippen molar-refractivity contribution in [1.82, 2.24) is 14.9 Å². The van der Waals surface area contributed by atoms with Gasteiger partial charge in [-0.3, -0.25) is 9.59 Å². The minimum absolute atomic E-state index is 0.0460. The number of hydrogen-bond acceptors (Lipinski definition) is 3. The first-order valence-electron chi connectivity index (χ1n) is 9.42. The number of halogens is 1. The highest BCUT2D eigenvalue weighted by Gasteiger charge is 2.30. The second-order valence-corrected chi connectivity index (χ2v) is 7.18. The van der Waals surface area contributed by atoms with Crippen LogP contribution in [0.2, 0.25) is 0 Å². The van der Waals surface area contributed by atoms with Crippen LogP contribution in [-0.4, -0.2) is 21.4 Å². The number of amides is 2. The zero-order valence-corrected chi connectivity index (χ0v) is 16.0. The number of anilines is 1. The van der Waals surface area contributed by atoms with Crippen LogP contribution < -0.4 is 10.6 Å². The van der Waals surface area contributed by atoms with Gasteiger partial charge in [0.15, 0.2) is 0 Å². The van der Waals surface area contributed by atoms with Crippen molar-refractivity contribution in [2.75, 3.05) is 5.32 Å². The average Bonchev–Trinajstić information content (AvgIpc) is 3.10. The van der Waals surface area contributed by atoms with Crippen LogP contribution in [0, 0.1) is 12.7 Å². The number of imidazole rings is 1. The molecule has 0 bridgehead atoms. The van der Waals surface area contributed by atoms with E-state index in [1.165, 1.54) is 12.1 Å². The van der Waals surface area contributed by atoms with Crippen LogP contribution in [0.5, 0.6) is 0 Å². The highest BCUT2D eigenvalue weighted by Crippen LogP contribution is 2.32. The number of fused-ring (bicyclic) bond motifs is 1.